The lowest BCUT2D eigenvalue weighted by molar-refractivity contribution is 0.619. The average Bonchev–Trinajstić information content (AvgIpc) is 2.99. The molecular weight excluding hydrogens is 356 g/mol. The Balaban J connectivity index is 2.02. The summed E-state index contributed by atoms with van der Waals surface area (Å²) in [6.45, 7) is 13.2. The van der Waals surface area contributed by atoms with Gasteiger partial charge in [-0.05, 0) is 82.0 Å². The fourth-order valence-electron chi connectivity index (χ4n) is 3.48. The van der Waals surface area contributed by atoms with Crippen LogP contribution in [0.3, 0.4) is 0 Å². The molecule has 0 fully saturated rings. The van der Waals surface area contributed by atoms with Crippen LogP contribution in [-0.2, 0) is 5.54 Å². The molecular formula is C22H24N2S2. The van der Waals surface area contributed by atoms with Gasteiger partial charge in [0.25, 0.3) is 0 Å². The summed E-state index contributed by atoms with van der Waals surface area (Å²) in [4.78, 5) is 6.47. The minimum atomic E-state index is -0.0827. The van der Waals surface area contributed by atoms with Crippen LogP contribution in [0.15, 0.2) is 35.3 Å². The molecule has 4 heteroatoms. The molecule has 134 valence electrons. The molecule has 1 N–H and O–H groups in total. The first-order chi connectivity index (χ1) is 12.3. The molecule has 0 atom stereocenters. The molecule has 26 heavy (non-hydrogen) atoms. The number of hydrogen-bond donors (Lipinski definition) is 1. The largest absolute Gasteiger partial charge is 0.375 e. The van der Waals surface area contributed by atoms with Gasteiger partial charge in [-0.1, -0.05) is 32.8 Å². The third kappa shape index (κ3) is 2.72. The Labute approximate surface area is 162 Å². The van der Waals surface area contributed by atoms with Crippen LogP contribution < -0.4 is 9.99 Å². The third-order valence-corrected chi connectivity index (χ3v) is 8.00. The molecule has 3 aromatic rings. The fraction of sp³-hybridized carbons (Fsp3) is 0.318. The molecule has 0 unspecified atom stereocenters. The Bertz CT molecular complexity index is 1080. The standard InChI is InChI=1S/C22H24N2S2/c1-12-8-7-9-17(15(12)4)23-21-19-16-10-13(2)14(3)11-18(16)24-22(5,6)20(19)25-26-21/h7-11,24H,1-6H3. The van der Waals surface area contributed by atoms with Crippen molar-refractivity contribution in [1.29, 1.82) is 0 Å². The summed E-state index contributed by atoms with van der Waals surface area (Å²) in [5.74, 6) is 0. The topological polar surface area (TPSA) is 24.4 Å². The van der Waals surface area contributed by atoms with E-state index in [4.69, 9.17) is 4.99 Å². The second-order valence-corrected chi connectivity index (χ2v) is 9.87. The number of hydrogen-bond acceptors (Lipinski definition) is 4. The predicted molar refractivity (Wildman–Crippen MR) is 115 cm³/mol. The van der Waals surface area contributed by atoms with E-state index in [0.717, 1.165) is 10.4 Å². The number of benzene rings is 2. The Morgan fingerprint density at radius 2 is 1.65 bits per heavy atom. The summed E-state index contributed by atoms with van der Waals surface area (Å²) in [6, 6.07) is 11.0. The zero-order valence-corrected chi connectivity index (χ0v) is 17.8. The monoisotopic (exact) mass is 380 g/mol. The van der Waals surface area contributed by atoms with Crippen molar-refractivity contribution < 1.29 is 0 Å². The molecule has 0 spiro atoms. The normalized spacial score (nSPS) is 15.4. The number of anilines is 1. The van der Waals surface area contributed by atoms with E-state index in [1.165, 1.54) is 43.9 Å². The number of nitrogens with zero attached hydrogens (tertiary/aromatic N) is 1. The fourth-order valence-corrected chi connectivity index (χ4v) is 6.41. The van der Waals surface area contributed by atoms with Crippen LogP contribution in [0.2, 0.25) is 0 Å². The van der Waals surface area contributed by atoms with E-state index in [2.05, 4.69) is 77.2 Å². The summed E-state index contributed by atoms with van der Waals surface area (Å²) in [7, 11) is 3.63. The van der Waals surface area contributed by atoms with Gasteiger partial charge in [0.15, 0.2) is 0 Å². The van der Waals surface area contributed by atoms with Crippen LogP contribution in [0, 0.1) is 27.7 Å². The molecule has 0 amide bonds. The SMILES string of the molecule is Cc1cc2c(cc1C)-c1c(ssc1=Nc1cccc(C)c1C)C(C)(C)N2. The maximum atomic E-state index is 5.09. The highest BCUT2D eigenvalue weighted by Gasteiger charge is 2.33. The van der Waals surface area contributed by atoms with Crippen LogP contribution in [-0.4, -0.2) is 0 Å². The highest BCUT2D eigenvalue weighted by molar-refractivity contribution is 7.68. The molecule has 0 radical (unpaired) electrons. The Morgan fingerprint density at radius 1 is 0.923 bits per heavy atom. The van der Waals surface area contributed by atoms with Crippen molar-refractivity contribution in [3.05, 3.63) is 62.1 Å². The molecule has 1 aliphatic rings. The summed E-state index contributed by atoms with van der Waals surface area (Å²) in [5, 5.41) is 3.73. The predicted octanol–water partition coefficient (Wildman–Crippen LogP) is 6.60. The highest BCUT2D eigenvalue weighted by Crippen LogP contribution is 2.46. The summed E-state index contributed by atoms with van der Waals surface area (Å²) in [6.07, 6.45) is 0. The van der Waals surface area contributed by atoms with Crippen molar-refractivity contribution >= 4 is 32.1 Å². The second kappa shape index (κ2) is 6.07. The number of rotatable bonds is 1. The van der Waals surface area contributed by atoms with Crippen LogP contribution in [0.25, 0.3) is 11.1 Å². The van der Waals surface area contributed by atoms with E-state index < -0.39 is 0 Å². The first-order valence-electron chi connectivity index (χ1n) is 8.92. The lowest BCUT2D eigenvalue weighted by Gasteiger charge is -2.34. The van der Waals surface area contributed by atoms with Gasteiger partial charge in [0.05, 0.1) is 16.1 Å². The lowest BCUT2D eigenvalue weighted by Crippen LogP contribution is -2.31. The Hall–Kier alpha value is -1.91. The van der Waals surface area contributed by atoms with Gasteiger partial charge in [0, 0.05) is 16.8 Å². The van der Waals surface area contributed by atoms with Gasteiger partial charge >= 0.3 is 0 Å². The van der Waals surface area contributed by atoms with E-state index >= 15 is 0 Å². The average molecular weight is 381 g/mol. The molecule has 0 saturated heterocycles. The molecule has 2 aromatic carbocycles. The van der Waals surface area contributed by atoms with Gasteiger partial charge in [-0.3, -0.25) is 0 Å². The van der Waals surface area contributed by atoms with Gasteiger partial charge < -0.3 is 5.32 Å². The number of fused-ring (bicyclic) bond motifs is 3. The van der Waals surface area contributed by atoms with Gasteiger partial charge in [0.2, 0.25) is 0 Å². The van der Waals surface area contributed by atoms with Crippen LogP contribution in [0.1, 0.15) is 41.0 Å². The molecule has 4 rings (SSSR count). The first kappa shape index (κ1) is 17.5. The van der Waals surface area contributed by atoms with E-state index in [-0.39, 0.29) is 5.54 Å². The van der Waals surface area contributed by atoms with E-state index in [9.17, 15) is 0 Å². The lowest BCUT2D eigenvalue weighted by atomic mass is 9.88. The summed E-state index contributed by atoms with van der Waals surface area (Å²) < 4.78 is 1.12. The molecule has 2 heterocycles. The van der Waals surface area contributed by atoms with Crippen LogP contribution in [0.5, 0.6) is 0 Å². The van der Waals surface area contributed by atoms with Crippen LogP contribution >= 0.6 is 20.7 Å². The van der Waals surface area contributed by atoms with Crippen LogP contribution in [0.4, 0.5) is 11.4 Å². The maximum Gasteiger partial charge on any atom is 0.135 e. The highest BCUT2D eigenvalue weighted by atomic mass is 32.9. The van der Waals surface area contributed by atoms with Gasteiger partial charge in [-0.2, -0.15) is 0 Å². The van der Waals surface area contributed by atoms with Gasteiger partial charge in [-0.15, -0.1) is 0 Å². The van der Waals surface area contributed by atoms with Crippen molar-refractivity contribution in [2.75, 3.05) is 5.32 Å². The number of nitrogens with one attached hydrogen (secondary N) is 1. The van der Waals surface area contributed by atoms with Crippen molar-refractivity contribution in [3.8, 4) is 11.1 Å². The number of aryl methyl sites for hydroxylation is 3. The quantitative estimate of drug-likeness (QED) is 0.472. The molecule has 0 saturated carbocycles. The van der Waals surface area contributed by atoms with Crippen molar-refractivity contribution in [2.45, 2.75) is 47.1 Å². The molecule has 1 aromatic heterocycles. The van der Waals surface area contributed by atoms with Gasteiger partial charge in [-0.25, -0.2) is 4.99 Å². The Kier molecular flexibility index (Phi) is 4.08. The first-order valence-corrected chi connectivity index (χ1v) is 11.1. The summed E-state index contributed by atoms with van der Waals surface area (Å²) in [5.41, 5.74) is 9.99. The van der Waals surface area contributed by atoms with Crippen molar-refractivity contribution in [1.82, 2.24) is 0 Å². The zero-order chi connectivity index (χ0) is 18.6. The van der Waals surface area contributed by atoms with E-state index in [0.29, 0.717) is 0 Å². The third-order valence-electron chi connectivity index (χ3n) is 5.36. The molecule has 0 aliphatic carbocycles. The smallest absolute Gasteiger partial charge is 0.135 e. The zero-order valence-electron chi connectivity index (χ0n) is 16.2. The molecule has 1 aliphatic heterocycles. The summed E-state index contributed by atoms with van der Waals surface area (Å²) >= 11 is 0. The van der Waals surface area contributed by atoms with Gasteiger partial charge in [0.1, 0.15) is 4.67 Å². The minimum Gasteiger partial charge on any atom is -0.375 e. The minimum absolute atomic E-state index is 0.0827. The second-order valence-electron chi connectivity index (χ2n) is 7.74. The maximum absolute atomic E-state index is 5.09. The van der Waals surface area contributed by atoms with E-state index in [1.807, 2.05) is 10.3 Å². The van der Waals surface area contributed by atoms with Crippen molar-refractivity contribution in [2.24, 2.45) is 4.99 Å². The molecule has 0 bridgehead atoms. The van der Waals surface area contributed by atoms with E-state index in [1.54, 1.807) is 10.3 Å². The Morgan fingerprint density at radius 3 is 2.42 bits per heavy atom. The molecule has 2 nitrogen and oxygen atoms in total. The van der Waals surface area contributed by atoms with Crippen molar-refractivity contribution in [3.63, 3.8) is 0 Å².